The monoisotopic (exact) mass is 290 g/mol. The van der Waals surface area contributed by atoms with E-state index in [9.17, 15) is 0 Å². The minimum absolute atomic E-state index is 0. The van der Waals surface area contributed by atoms with Crippen LogP contribution in [0.15, 0.2) is 0 Å². The van der Waals surface area contributed by atoms with E-state index < -0.39 is 0 Å². The molecule has 40 valence electrons. The van der Waals surface area contributed by atoms with Gasteiger partial charge in [0.2, 0.25) is 0 Å². The van der Waals surface area contributed by atoms with Crippen LogP contribution in [-0.4, -0.2) is 16.4 Å². The molecule has 0 fully saturated rings. The van der Waals surface area contributed by atoms with Gasteiger partial charge in [0, 0.05) is 0 Å². The van der Waals surface area contributed by atoms with Crippen LogP contribution < -0.4 is 0 Å². The number of rotatable bonds is 0. The Morgan fingerprint density at radius 3 is 0.571 bits per heavy atom. The molecule has 0 aromatic carbocycles. The van der Waals surface area contributed by atoms with Crippen molar-refractivity contribution in [2.24, 2.45) is 0 Å². The van der Waals surface area contributed by atoms with E-state index in [1.807, 2.05) is 0 Å². The Labute approximate surface area is 61.2 Å². The van der Waals surface area contributed by atoms with Crippen LogP contribution in [0.5, 0.6) is 0 Å². The third-order valence-corrected chi connectivity index (χ3v) is 0. The van der Waals surface area contributed by atoms with Crippen LogP contribution in [0.25, 0.3) is 0 Å². The molecule has 0 aromatic rings. The molecule has 5 nitrogen and oxygen atoms in total. The maximum absolute atomic E-state index is 0. The molecule has 0 bridgehead atoms. The summed E-state index contributed by atoms with van der Waals surface area (Å²) in [5.74, 6) is 0. The van der Waals surface area contributed by atoms with Gasteiger partial charge in [-0.1, -0.05) is 0 Å². The zero-order chi connectivity index (χ0) is 0. The molecule has 0 spiro atoms. The molecule has 7 heavy (non-hydrogen) atoms. The molecule has 0 aliphatic carbocycles. The van der Waals surface area contributed by atoms with Crippen molar-refractivity contribution in [3.63, 3.8) is 0 Å². The molecule has 0 heterocycles. The summed E-state index contributed by atoms with van der Waals surface area (Å²) in [6, 6.07) is 0. The molecule has 0 unspecified atom stereocenters. The van der Waals surface area contributed by atoms with Crippen LogP contribution >= 0.6 is 0 Å². The van der Waals surface area contributed by atoms with Gasteiger partial charge in [-0.05, 0) is 0 Å². The second kappa shape index (κ2) is 391. The van der Waals surface area contributed by atoms with Gasteiger partial charge in [-0.3, -0.25) is 0 Å². The summed E-state index contributed by atoms with van der Waals surface area (Å²) in [5, 5.41) is 0. The van der Waals surface area contributed by atoms with Crippen molar-refractivity contribution in [2.75, 3.05) is 0 Å². The van der Waals surface area contributed by atoms with Gasteiger partial charge in [0.1, 0.15) is 0 Å². The zero-order valence-electron chi connectivity index (χ0n) is 3.03. The SMILES string of the molecule is [O-2].[O-2].[O-2].[O-2].[OH-].[Si+4].[Ta+5]. The Bertz CT molecular complexity index is 8.04. The number of hydrogen-bond acceptors (Lipinski definition) is 1. The van der Waals surface area contributed by atoms with Crippen molar-refractivity contribution >= 4 is 11.0 Å². The molecule has 1 N–H and O–H groups in total. The molecule has 7 heteroatoms. The molecule has 0 atom stereocenters. The van der Waals surface area contributed by atoms with Gasteiger partial charge in [-0.15, -0.1) is 0 Å². The molecule has 0 saturated carbocycles. The molecule has 0 aliphatic rings. The Morgan fingerprint density at radius 2 is 0.571 bits per heavy atom. The van der Waals surface area contributed by atoms with Crippen molar-refractivity contribution in [1.29, 1.82) is 0 Å². The van der Waals surface area contributed by atoms with Gasteiger partial charge < -0.3 is 27.4 Å². The van der Waals surface area contributed by atoms with Gasteiger partial charge >= 0.3 is 33.3 Å². The second-order valence-electron chi connectivity index (χ2n) is 0. The summed E-state index contributed by atoms with van der Waals surface area (Å²) in [6.07, 6.45) is 0. The fraction of sp³-hybridized carbons (Fsp3) is 0. The largest absolute Gasteiger partial charge is 5.00 e. The first-order valence-electron chi connectivity index (χ1n) is 0. The van der Waals surface area contributed by atoms with E-state index in [2.05, 4.69) is 0 Å². The molecule has 0 saturated heterocycles. The molecule has 0 radical (unpaired) electrons. The molecular formula is HO5SiTa. The van der Waals surface area contributed by atoms with E-state index in [0.717, 1.165) is 0 Å². The summed E-state index contributed by atoms with van der Waals surface area (Å²) in [6.45, 7) is 0. The quantitative estimate of drug-likeness (QED) is 0.516. The van der Waals surface area contributed by atoms with Gasteiger partial charge in [0.05, 0.1) is 0 Å². The fourth-order valence-electron chi connectivity index (χ4n) is 0. The summed E-state index contributed by atoms with van der Waals surface area (Å²) < 4.78 is 0. The summed E-state index contributed by atoms with van der Waals surface area (Å²) in [5.41, 5.74) is 0. The first-order chi connectivity index (χ1) is 0. The minimum Gasteiger partial charge on any atom is -2.00 e. The Hall–Kier alpha value is 0.757. The standard InChI is InChI=1S/H2O.4O.Si.Ta/h1H2;;;;;;/q;4*-2;+4;+5/p-1. The normalized spacial score (nSPS) is 0. The van der Waals surface area contributed by atoms with Crippen molar-refractivity contribution in [1.82, 2.24) is 0 Å². The smallest absolute Gasteiger partial charge is 2.00 e. The van der Waals surface area contributed by atoms with E-state index in [1.54, 1.807) is 0 Å². The predicted octanol–water partition coefficient (Wildman–Crippen LogP) is -1.04. The van der Waals surface area contributed by atoms with Crippen LogP contribution in [0, 0.1) is 0 Å². The van der Waals surface area contributed by atoms with Crippen LogP contribution in [0.3, 0.4) is 0 Å². The molecule has 0 rings (SSSR count). The number of hydrogen-bond donors (Lipinski definition) is 0. The van der Waals surface area contributed by atoms with Gasteiger partial charge in [-0.2, -0.15) is 0 Å². The van der Waals surface area contributed by atoms with Crippen molar-refractivity contribution in [3.05, 3.63) is 0 Å². The Kier molecular flexibility index (Phi) is 34500. The summed E-state index contributed by atoms with van der Waals surface area (Å²) >= 11 is 0. The Morgan fingerprint density at radius 1 is 0.571 bits per heavy atom. The maximum atomic E-state index is 0. The average molecular weight is 290 g/mol. The topological polar surface area (TPSA) is 144 Å². The van der Waals surface area contributed by atoms with Gasteiger partial charge in [0.15, 0.2) is 0 Å². The predicted molar refractivity (Wildman–Crippen MR) is 10.4 cm³/mol. The van der Waals surface area contributed by atoms with Crippen LogP contribution in [-0.2, 0) is 44.3 Å². The molecular weight excluding hydrogens is 289 g/mol. The third-order valence-electron chi connectivity index (χ3n) is 0. The Balaban J connectivity index is 0. The van der Waals surface area contributed by atoms with E-state index >= 15 is 0 Å². The molecule has 0 amide bonds. The molecule has 0 aliphatic heterocycles. The first-order valence-corrected chi connectivity index (χ1v) is 0. The zero-order valence-corrected chi connectivity index (χ0v) is 7.24. The van der Waals surface area contributed by atoms with Crippen LogP contribution in [0.1, 0.15) is 0 Å². The second-order valence-corrected chi connectivity index (χ2v) is 0. The van der Waals surface area contributed by atoms with Gasteiger partial charge in [-0.25, -0.2) is 0 Å². The van der Waals surface area contributed by atoms with E-state index in [4.69, 9.17) is 0 Å². The summed E-state index contributed by atoms with van der Waals surface area (Å²) in [7, 11) is 0. The van der Waals surface area contributed by atoms with Crippen molar-refractivity contribution in [2.45, 2.75) is 0 Å². The van der Waals surface area contributed by atoms with Crippen molar-refractivity contribution in [3.8, 4) is 0 Å². The molecule has 0 aromatic heterocycles. The fourth-order valence-corrected chi connectivity index (χ4v) is 0. The third kappa shape index (κ3) is 267. The van der Waals surface area contributed by atoms with Crippen molar-refractivity contribution < 1.29 is 49.8 Å². The maximum Gasteiger partial charge on any atom is 5.00 e. The van der Waals surface area contributed by atoms with Crippen LogP contribution in [0.4, 0.5) is 0 Å². The average Bonchev–Trinajstić information content (AvgIpc) is 0. The first kappa shape index (κ1) is 618. The van der Waals surface area contributed by atoms with E-state index in [0.29, 0.717) is 0 Å². The summed E-state index contributed by atoms with van der Waals surface area (Å²) in [4.78, 5) is 0. The van der Waals surface area contributed by atoms with E-state index in [-0.39, 0.29) is 60.7 Å². The minimum atomic E-state index is 0. The van der Waals surface area contributed by atoms with Crippen LogP contribution in [0.2, 0.25) is 0 Å². The van der Waals surface area contributed by atoms with E-state index in [1.165, 1.54) is 0 Å². The van der Waals surface area contributed by atoms with Gasteiger partial charge in [0.25, 0.3) is 0 Å².